The van der Waals surface area contributed by atoms with Gasteiger partial charge in [0.1, 0.15) is 0 Å². The molecule has 1 aromatic carbocycles. The van der Waals surface area contributed by atoms with Crippen molar-refractivity contribution in [2.75, 3.05) is 20.8 Å². The Kier molecular flexibility index (Phi) is 7.68. The topological polar surface area (TPSA) is 81.5 Å². The van der Waals surface area contributed by atoms with Crippen LogP contribution < -0.4 is 14.8 Å². The van der Waals surface area contributed by atoms with Gasteiger partial charge >= 0.3 is 0 Å². The Morgan fingerprint density at radius 1 is 1.23 bits per heavy atom. The molecule has 1 saturated heterocycles. The summed E-state index contributed by atoms with van der Waals surface area (Å²) >= 11 is 0. The molecule has 1 aliphatic rings. The molecule has 2 heterocycles. The van der Waals surface area contributed by atoms with Gasteiger partial charge in [0.2, 0.25) is 0 Å². The number of hydrogen-bond donors (Lipinski definition) is 1. The van der Waals surface area contributed by atoms with Crippen LogP contribution >= 0.6 is 0 Å². The van der Waals surface area contributed by atoms with Crippen LogP contribution in [0, 0.1) is 0 Å². The highest BCUT2D eigenvalue weighted by molar-refractivity contribution is 5.91. The minimum Gasteiger partial charge on any atom is -0.493 e. The number of aromatic nitrogens is 3. The summed E-state index contributed by atoms with van der Waals surface area (Å²) in [5, 5.41) is 11.0. The van der Waals surface area contributed by atoms with Crippen molar-refractivity contribution >= 4 is 5.91 Å². The van der Waals surface area contributed by atoms with Crippen LogP contribution in [0.4, 0.5) is 0 Å². The van der Waals surface area contributed by atoms with Crippen LogP contribution in [0.1, 0.15) is 55.6 Å². The van der Waals surface area contributed by atoms with Gasteiger partial charge in [-0.05, 0) is 57.4 Å². The maximum Gasteiger partial charge on any atom is 0.273 e. The molecule has 1 amide bonds. The number of hydrogen-bond acceptors (Lipinski definition) is 6. The third-order valence-electron chi connectivity index (χ3n) is 5.47. The number of methoxy groups -OCH3 is 2. The lowest BCUT2D eigenvalue weighted by molar-refractivity contribution is 0.0938. The Morgan fingerprint density at radius 3 is 2.77 bits per heavy atom. The van der Waals surface area contributed by atoms with E-state index in [1.807, 2.05) is 19.9 Å². The highest BCUT2D eigenvalue weighted by Gasteiger charge is 2.23. The molecule has 0 spiro atoms. The van der Waals surface area contributed by atoms with Gasteiger partial charge in [-0.1, -0.05) is 17.7 Å². The first-order chi connectivity index (χ1) is 14.5. The minimum absolute atomic E-state index is 0.0787. The first-order valence-electron chi connectivity index (χ1n) is 10.7. The van der Waals surface area contributed by atoms with Crippen molar-refractivity contribution in [3.8, 4) is 11.5 Å². The van der Waals surface area contributed by atoms with E-state index in [4.69, 9.17) is 9.47 Å². The number of ether oxygens (including phenoxy) is 2. The number of nitrogens with one attached hydrogen (secondary N) is 1. The predicted molar refractivity (Wildman–Crippen MR) is 115 cm³/mol. The van der Waals surface area contributed by atoms with Gasteiger partial charge in [-0.3, -0.25) is 14.4 Å². The van der Waals surface area contributed by atoms with Crippen molar-refractivity contribution in [2.45, 2.75) is 64.7 Å². The van der Waals surface area contributed by atoms with E-state index in [-0.39, 0.29) is 11.9 Å². The lowest BCUT2D eigenvalue weighted by Gasteiger charge is -2.36. The molecule has 2 aromatic rings. The standard InChI is InChI=1S/C22H33N5O3/c1-16(2)23-22(28)19-15-27(25-24-19)12-10-18-7-5-6-11-26(18)14-17-8-9-20(29-3)21(13-17)30-4/h8-9,13,15-16,18H,5-7,10-12,14H2,1-4H3,(H,23,28)/t18-/m1/s1. The Bertz CT molecular complexity index is 836. The fraction of sp³-hybridized carbons (Fsp3) is 0.591. The van der Waals surface area contributed by atoms with E-state index < -0.39 is 0 Å². The second-order valence-corrected chi connectivity index (χ2v) is 8.09. The minimum atomic E-state index is -0.177. The van der Waals surface area contributed by atoms with E-state index in [2.05, 4.69) is 32.7 Å². The van der Waals surface area contributed by atoms with Crippen molar-refractivity contribution in [3.63, 3.8) is 0 Å². The fourth-order valence-corrected chi connectivity index (χ4v) is 3.94. The normalized spacial score (nSPS) is 17.2. The van der Waals surface area contributed by atoms with Crippen LogP contribution in [0.3, 0.4) is 0 Å². The Balaban J connectivity index is 1.60. The maximum absolute atomic E-state index is 12.1. The number of aryl methyl sites for hydroxylation is 1. The number of carbonyl (C=O) groups excluding carboxylic acids is 1. The van der Waals surface area contributed by atoms with Gasteiger partial charge in [0.15, 0.2) is 17.2 Å². The molecule has 1 fully saturated rings. The highest BCUT2D eigenvalue weighted by atomic mass is 16.5. The molecule has 0 saturated carbocycles. The van der Waals surface area contributed by atoms with Crippen LogP contribution in [0.15, 0.2) is 24.4 Å². The third-order valence-corrected chi connectivity index (χ3v) is 5.47. The first kappa shape index (κ1) is 22.1. The van der Waals surface area contributed by atoms with E-state index in [1.165, 1.54) is 24.8 Å². The maximum atomic E-state index is 12.1. The van der Waals surface area contributed by atoms with Crippen molar-refractivity contribution in [3.05, 3.63) is 35.7 Å². The number of likely N-dealkylation sites (tertiary alicyclic amines) is 1. The summed E-state index contributed by atoms with van der Waals surface area (Å²) in [6.07, 6.45) is 6.34. The van der Waals surface area contributed by atoms with Crippen molar-refractivity contribution in [1.29, 1.82) is 0 Å². The van der Waals surface area contributed by atoms with Gasteiger partial charge < -0.3 is 14.8 Å². The third kappa shape index (κ3) is 5.72. The van der Waals surface area contributed by atoms with Crippen LogP contribution in [0.25, 0.3) is 0 Å². The number of carbonyl (C=O) groups is 1. The Labute approximate surface area is 178 Å². The average Bonchev–Trinajstić information content (AvgIpc) is 3.22. The molecule has 8 heteroatoms. The largest absolute Gasteiger partial charge is 0.493 e. The molecule has 3 rings (SSSR count). The number of piperidine rings is 1. The molecule has 164 valence electrons. The summed E-state index contributed by atoms with van der Waals surface area (Å²) in [5.41, 5.74) is 1.59. The molecular formula is C22H33N5O3. The van der Waals surface area contributed by atoms with E-state index in [9.17, 15) is 4.79 Å². The van der Waals surface area contributed by atoms with Gasteiger partial charge in [-0.2, -0.15) is 0 Å². The Hall–Kier alpha value is -2.61. The zero-order valence-electron chi connectivity index (χ0n) is 18.4. The summed E-state index contributed by atoms with van der Waals surface area (Å²) in [6, 6.07) is 6.68. The van der Waals surface area contributed by atoms with Gasteiger partial charge in [-0.25, -0.2) is 0 Å². The molecular weight excluding hydrogens is 382 g/mol. The van der Waals surface area contributed by atoms with Gasteiger partial charge in [0, 0.05) is 25.2 Å². The fourth-order valence-electron chi connectivity index (χ4n) is 3.94. The van der Waals surface area contributed by atoms with Crippen molar-refractivity contribution < 1.29 is 14.3 Å². The van der Waals surface area contributed by atoms with Crippen LogP contribution in [-0.2, 0) is 13.1 Å². The van der Waals surface area contributed by atoms with E-state index in [1.54, 1.807) is 25.1 Å². The van der Waals surface area contributed by atoms with Crippen LogP contribution in [0.5, 0.6) is 11.5 Å². The van der Waals surface area contributed by atoms with Crippen LogP contribution in [-0.4, -0.2) is 58.6 Å². The number of rotatable bonds is 9. The lowest BCUT2D eigenvalue weighted by Crippen LogP contribution is -2.39. The molecule has 1 aliphatic heterocycles. The predicted octanol–water partition coefficient (Wildman–Crippen LogP) is 2.88. The molecule has 0 unspecified atom stereocenters. The first-order valence-corrected chi connectivity index (χ1v) is 10.7. The van der Waals surface area contributed by atoms with Gasteiger partial charge in [0.25, 0.3) is 5.91 Å². The second-order valence-electron chi connectivity index (χ2n) is 8.09. The van der Waals surface area contributed by atoms with Gasteiger partial charge in [0.05, 0.1) is 20.4 Å². The van der Waals surface area contributed by atoms with Crippen molar-refractivity contribution in [2.24, 2.45) is 0 Å². The summed E-state index contributed by atoms with van der Waals surface area (Å²) in [5.74, 6) is 1.34. The van der Waals surface area contributed by atoms with E-state index in [0.29, 0.717) is 11.7 Å². The highest BCUT2D eigenvalue weighted by Crippen LogP contribution is 2.29. The zero-order valence-corrected chi connectivity index (χ0v) is 18.4. The molecule has 1 atom stereocenters. The SMILES string of the molecule is COc1ccc(CN2CCCC[C@@H]2CCn2cc(C(=O)NC(C)C)nn2)cc1OC. The molecule has 30 heavy (non-hydrogen) atoms. The molecule has 0 bridgehead atoms. The molecule has 1 N–H and O–H groups in total. The number of amides is 1. The van der Waals surface area contributed by atoms with E-state index in [0.717, 1.165) is 37.6 Å². The number of benzene rings is 1. The number of nitrogens with zero attached hydrogens (tertiary/aromatic N) is 4. The monoisotopic (exact) mass is 415 g/mol. The quantitative estimate of drug-likeness (QED) is 0.678. The molecule has 0 radical (unpaired) electrons. The lowest BCUT2D eigenvalue weighted by atomic mass is 9.98. The second kappa shape index (κ2) is 10.4. The smallest absolute Gasteiger partial charge is 0.273 e. The summed E-state index contributed by atoms with van der Waals surface area (Å²) in [7, 11) is 3.32. The van der Waals surface area contributed by atoms with Crippen LogP contribution in [0.2, 0.25) is 0 Å². The summed E-state index contributed by atoms with van der Waals surface area (Å²) in [6.45, 7) is 6.56. The average molecular weight is 416 g/mol. The van der Waals surface area contributed by atoms with E-state index >= 15 is 0 Å². The van der Waals surface area contributed by atoms with Crippen molar-refractivity contribution in [1.82, 2.24) is 25.2 Å². The Morgan fingerprint density at radius 2 is 2.03 bits per heavy atom. The molecule has 1 aromatic heterocycles. The summed E-state index contributed by atoms with van der Waals surface area (Å²) < 4.78 is 12.6. The molecule has 0 aliphatic carbocycles. The summed E-state index contributed by atoms with van der Waals surface area (Å²) in [4.78, 5) is 14.6. The van der Waals surface area contributed by atoms with Gasteiger partial charge in [-0.15, -0.1) is 5.10 Å². The molecule has 8 nitrogen and oxygen atoms in total. The zero-order chi connectivity index (χ0) is 21.5.